The summed E-state index contributed by atoms with van der Waals surface area (Å²) in [6.07, 6.45) is 0.183. The Morgan fingerprint density at radius 3 is 2.56 bits per heavy atom. The highest BCUT2D eigenvalue weighted by Gasteiger charge is 2.21. The van der Waals surface area contributed by atoms with Crippen LogP contribution in [0.25, 0.3) is 22.3 Å². The molecule has 1 atom stereocenters. The van der Waals surface area contributed by atoms with Crippen LogP contribution in [-0.2, 0) is 11.3 Å². The predicted octanol–water partition coefficient (Wildman–Crippen LogP) is 6.05. The molecule has 1 saturated heterocycles. The number of rotatable bonds is 6. The van der Waals surface area contributed by atoms with Crippen LogP contribution in [0.1, 0.15) is 5.56 Å². The minimum absolute atomic E-state index is 0.183. The number of aromatic nitrogens is 2. The summed E-state index contributed by atoms with van der Waals surface area (Å²) in [5.74, 6) is 1.63. The Balaban J connectivity index is 1.32. The Morgan fingerprint density at radius 2 is 1.72 bits per heavy atom. The van der Waals surface area contributed by atoms with Crippen LogP contribution >= 0.6 is 27.7 Å². The van der Waals surface area contributed by atoms with Gasteiger partial charge in [0.15, 0.2) is 5.82 Å². The highest BCUT2D eigenvalue weighted by molar-refractivity contribution is 9.10. The maximum atomic E-state index is 6.10. The van der Waals surface area contributed by atoms with Gasteiger partial charge in [-0.2, -0.15) is 0 Å². The van der Waals surface area contributed by atoms with Crippen molar-refractivity contribution in [2.45, 2.75) is 17.7 Å². The van der Waals surface area contributed by atoms with Gasteiger partial charge in [-0.3, -0.25) is 4.90 Å². The molecule has 1 aromatic heterocycles. The lowest BCUT2D eigenvalue weighted by Gasteiger charge is -2.32. The van der Waals surface area contributed by atoms with Gasteiger partial charge < -0.3 is 4.74 Å². The molecule has 4 aromatic rings. The topological polar surface area (TPSA) is 38.2 Å². The van der Waals surface area contributed by atoms with Crippen LogP contribution in [0.2, 0.25) is 0 Å². The van der Waals surface area contributed by atoms with Gasteiger partial charge in [0, 0.05) is 40.8 Å². The zero-order chi connectivity index (χ0) is 21.8. The number of hydrogen-bond donors (Lipinski definition) is 0. The molecule has 1 fully saturated rings. The van der Waals surface area contributed by atoms with E-state index in [-0.39, 0.29) is 6.10 Å². The third kappa shape index (κ3) is 5.21. The highest BCUT2D eigenvalue weighted by atomic mass is 79.9. The molecule has 0 spiro atoms. The molecular formula is C26H24BrN3OS. The Morgan fingerprint density at radius 1 is 0.938 bits per heavy atom. The first-order chi connectivity index (χ1) is 15.7. The van der Waals surface area contributed by atoms with Crippen LogP contribution < -0.4 is 0 Å². The molecule has 0 radical (unpaired) electrons. The van der Waals surface area contributed by atoms with Crippen molar-refractivity contribution in [3.05, 3.63) is 88.9 Å². The van der Waals surface area contributed by atoms with Crippen LogP contribution in [0, 0.1) is 0 Å². The number of ether oxygens (including phenoxy) is 1. The molecule has 5 rings (SSSR count). The summed E-state index contributed by atoms with van der Waals surface area (Å²) >= 11 is 5.27. The van der Waals surface area contributed by atoms with E-state index in [4.69, 9.17) is 14.7 Å². The lowest BCUT2D eigenvalue weighted by Crippen LogP contribution is -2.43. The molecule has 32 heavy (non-hydrogen) atoms. The second-order valence-electron chi connectivity index (χ2n) is 7.90. The quantitative estimate of drug-likeness (QED) is 0.235. The van der Waals surface area contributed by atoms with E-state index in [1.807, 2.05) is 36.4 Å². The normalized spacial score (nSPS) is 17.0. The molecule has 0 amide bonds. The summed E-state index contributed by atoms with van der Waals surface area (Å²) < 4.78 is 7.14. The fraction of sp³-hybridized carbons (Fsp3) is 0.231. The number of morpholine rings is 1. The summed E-state index contributed by atoms with van der Waals surface area (Å²) in [5.41, 5.74) is 3.34. The molecule has 0 N–H and O–H groups in total. The summed E-state index contributed by atoms with van der Waals surface area (Å²) in [6, 6.07) is 27.0. The van der Waals surface area contributed by atoms with Crippen molar-refractivity contribution in [1.82, 2.24) is 14.9 Å². The van der Waals surface area contributed by atoms with Gasteiger partial charge in [-0.25, -0.2) is 9.97 Å². The van der Waals surface area contributed by atoms with Crippen molar-refractivity contribution in [1.29, 1.82) is 0 Å². The fourth-order valence-electron chi connectivity index (χ4n) is 3.92. The number of para-hydroxylation sites is 1. The first kappa shape index (κ1) is 21.6. The molecular weight excluding hydrogens is 482 g/mol. The molecule has 0 saturated carbocycles. The number of halogens is 1. The van der Waals surface area contributed by atoms with E-state index in [1.54, 1.807) is 11.8 Å². The van der Waals surface area contributed by atoms with Crippen LogP contribution in [0.3, 0.4) is 0 Å². The van der Waals surface area contributed by atoms with Gasteiger partial charge in [0.05, 0.1) is 18.2 Å². The maximum Gasteiger partial charge on any atom is 0.161 e. The van der Waals surface area contributed by atoms with Crippen molar-refractivity contribution >= 4 is 38.6 Å². The van der Waals surface area contributed by atoms with Gasteiger partial charge in [0.1, 0.15) is 5.03 Å². The van der Waals surface area contributed by atoms with E-state index in [9.17, 15) is 0 Å². The van der Waals surface area contributed by atoms with E-state index >= 15 is 0 Å². The van der Waals surface area contributed by atoms with E-state index < -0.39 is 0 Å². The fourth-order valence-corrected chi connectivity index (χ4v) is 5.21. The van der Waals surface area contributed by atoms with E-state index in [0.717, 1.165) is 63.8 Å². The summed E-state index contributed by atoms with van der Waals surface area (Å²) in [4.78, 5) is 12.2. The minimum Gasteiger partial charge on any atom is -0.375 e. The first-order valence-electron chi connectivity index (χ1n) is 10.8. The molecule has 6 heteroatoms. The zero-order valence-corrected chi connectivity index (χ0v) is 20.1. The maximum absolute atomic E-state index is 6.10. The summed E-state index contributed by atoms with van der Waals surface area (Å²) in [7, 11) is 0. The highest BCUT2D eigenvalue weighted by Crippen LogP contribution is 2.30. The van der Waals surface area contributed by atoms with Crippen LogP contribution in [0.15, 0.2) is 88.4 Å². The van der Waals surface area contributed by atoms with Crippen molar-refractivity contribution in [2.24, 2.45) is 0 Å². The Kier molecular flexibility index (Phi) is 6.83. The van der Waals surface area contributed by atoms with Crippen molar-refractivity contribution in [3.63, 3.8) is 0 Å². The summed E-state index contributed by atoms with van der Waals surface area (Å²) in [6.45, 7) is 3.65. The number of nitrogens with zero attached hydrogens (tertiary/aromatic N) is 3. The molecule has 0 aliphatic carbocycles. The molecule has 0 unspecified atom stereocenters. The third-order valence-corrected chi connectivity index (χ3v) is 7.20. The molecule has 162 valence electrons. The third-order valence-electron chi connectivity index (χ3n) is 5.55. The Labute approximate surface area is 201 Å². The molecule has 1 aliphatic rings. The van der Waals surface area contributed by atoms with Gasteiger partial charge in [0.25, 0.3) is 0 Å². The van der Waals surface area contributed by atoms with Gasteiger partial charge in [0.2, 0.25) is 0 Å². The van der Waals surface area contributed by atoms with Crippen LogP contribution in [0.5, 0.6) is 0 Å². The predicted molar refractivity (Wildman–Crippen MR) is 135 cm³/mol. The molecule has 4 nitrogen and oxygen atoms in total. The standard InChI is InChI=1S/C26H24BrN3OS/c27-21-12-10-20(11-13-21)25-28-24-9-5-4-8-23(24)26(29-25)32-18-22-17-30(14-15-31-22)16-19-6-2-1-3-7-19/h1-13,22H,14-18H2/t22-/m1/s1. The monoisotopic (exact) mass is 505 g/mol. The number of hydrogen-bond acceptors (Lipinski definition) is 5. The minimum atomic E-state index is 0.183. The molecule has 0 bridgehead atoms. The zero-order valence-electron chi connectivity index (χ0n) is 17.7. The van der Waals surface area contributed by atoms with Gasteiger partial charge in [-0.1, -0.05) is 76.6 Å². The number of fused-ring (bicyclic) bond motifs is 1. The van der Waals surface area contributed by atoms with Crippen LogP contribution in [-0.4, -0.2) is 46.4 Å². The van der Waals surface area contributed by atoms with Gasteiger partial charge in [-0.05, 0) is 23.8 Å². The van der Waals surface area contributed by atoms with E-state index in [1.165, 1.54) is 5.56 Å². The largest absolute Gasteiger partial charge is 0.375 e. The van der Waals surface area contributed by atoms with E-state index in [0.29, 0.717) is 0 Å². The Hall–Kier alpha value is -2.25. The van der Waals surface area contributed by atoms with Crippen molar-refractivity contribution in [2.75, 3.05) is 25.4 Å². The smallest absolute Gasteiger partial charge is 0.161 e. The number of thioether (sulfide) groups is 1. The van der Waals surface area contributed by atoms with E-state index in [2.05, 4.69) is 63.3 Å². The second kappa shape index (κ2) is 10.1. The Bertz CT molecular complexity index is 1190. The lowest BCUT2D eigenvalue weighted by molar-refractivity contribution is -0.0187. The average Bonchev–Trinajstić information content (AvgIpc) is 2.84. The first-order valence-corrected chi connectivity index (χ1v) is 12.6. The van der Waals surface area contributed by atoms with Gasteiger partial charge >= 0.3 is 0 Å². The van der Waals surface area contributed by atoms with Crippen molar-refractivity contribution < 1.29 is 4.74 Å². The number of benzene rings is 3. The summed E-state index contributed by atoms with van der Waals surface area (Å²) in [5, 5.41) is 2.10. The molecule has 2 heterocycles. The lowest BCUT2D eigenvalue weighted by atomic mass is 10.2. The molecule has 1 aliphatic heterocycles. The SMILES string of the molecule is Brc1ccc(-c2nc(SC[C@H]3CN(Cc4ccccc4)CCO3)c3ccccc3n2)cc1. The van der Waals surface area contributed by atoms with Crippen molar-refractivity contribution in [3.8, 4) is 11.4 Å². The average molecular weight is 506 g/mol. The van der Waals surface area contributed by atoms with Gasteiger partial charge in [-0.15, -0.1) is 11.8 Å². The second-order valence-corrected chi connectivity index (χ2v) is 9.83. The molecule has 3 aromatic carbocycles. The van der Waals surface area contributed by atoms with Crippen LogP contribution in [0.4, 0.5) is 0 Å².